The standard InChI is InChI=1S/C46H40N2/c1-3-9-29(10-4-1)41-26-22-34-21-25-39-40(28-42(30-11-5-2-6-12-30)48-46(39)45(34)47-41)36-16-8-15-35(27-36)37-23-19-33-18-17-31-13-7-14-32-20-24-38(37)44(33)43(31)32/h7-8,13-30H,1-6,9-12H2. The van der Waals surface area contributed by atoms with Gasteiger partial charge in [-0.05, 0) is 98.5 Å². The van der Waals surface area contributed by atoms with Crippen LogP contribution in [-0.4, -0.2) is 9.97 Å². The van der Waals surface area contributed by atoms with E-state index in [1.54, 1.807) is 0 Å². The third kappa shape index (κ3) is 4.60. The van der Waals surface area contributed by atoms with Gasteiger partial charge in [0.05, 0.1) is 11.0 Å². The Morgan fingerprint density at radius 3 is 1.73 bits per heavy atom. The zero-order chi connectivity index (χ0) is 31.6. The second-order valence-corrected chi connectivity index (χ2v) is 14.6. The third-order valence-corrected chi connectivity index (χ3v) is 11.7. The molecule has 0 atom stereocenters. The zero-order valence-electron chi connectivity index (χ0n) is 27.5. The molecule has 0 N–H and O–H groups in total. The van der Waals surface area contributed by atoms with Gasteiger partial charge in [0.2, 0.25) is 0 Å². The van der Waals surface area contributed by atoms with Crippen LogP contribution in [0.2, 0.25) is 0 Å². The second-order valence-electron chi connectivity index (χ2n) is 14.6. The number of hydrogen-bond donors (Lipinski definition) is 0. The number of benzene rings is 6. The molecular formula is C46H40N2. The summed E-state index contributed by atoms with van der Waals surface area (Å²) >= 11 is 0. The molecule has 2 heterocycles. The summed E-state index contributed by atoms with van der Waals surface area (Å²) in [5.41, 5.74) is 9.76. The van der Waals surface area contributed by atoms with Gasteiger partial charge in [0, 0.05) is 34.0 Å². The average molecular weight is 621 g/mol. The van der Waals surface area contributed by atoms with Crippen LogP contribution in [0.3, 0.4) is 0 Å². The molecule has 0 saturated heterocycles. The van der Waals surface area contributed by atoms with Gasteiger partial charge < -0.3 is 0 Å². The molecule has 2 nitrogen and oxygen atoms in total. The summed E-state index contributed by atoms with van der Waals surface area (Å²) in [5.74, 6) is 1.08. The Morgan fingerprint density at radius 1 is 0.396 bits per heavy atom. The molecule has 0 aliphatic heterocycles. The lowest BCUT2D eigenvalue weighted by molar-refractivity contribution is 0.437. The SMILES string of the molecule is c1cc(-c2cc(C3CCCCC3)nc3c2ccc2ccc(C4CCCCC4)nc23)cc(-c2ccc3ccc4cccc5ccc2c3c45)c1. The van der Waals surface area contributed by atoms with Crippen molar-refractivity contribution in [2.24, 2.45) is 0 Å². The van der Waals surface area contributed by atoms with Crippen molar-refractivity contribution in [3.05, 3.63) is 121 Å². The van der Waals surface area contributed by atoms with Crippen molar-refractivity contribution in [2.45, 2.75) is 76.0 Å². The summed E-state index contributed by atoms with van der Waals surface area (Å²) in [5, 5.41) is 10.4. The number of aromatic nitrogens is 2. The normalized spacial score (nSPS) is 16.6. The minimum atomic E-state index is 0.513. The van der Waals surface area contributed by atoms with Crippen molar-refractivity contribution in [1.29, 1.82) is 0 Å². The van der Waals surface area contributed by atoms with Crippen molar-refractivity contribution in [3.63, 3.8) is 0 Å². The maximum absolute atomic E-state index is 5.51. The van der Waals surface area contributed by atoms with Gasteiger partial charge in [-0.25, -0.2) is 0 Å². The lowest BCUT2D eigenvalue weighted by Crippen LogP contribution is -2.08. The molecule has 2 fully saturated rings. The van der Waals surface area contributed by atoms with E-state index in [0.29, 0.717) is 11.8 Å². The van der Waals surface area contributed by atoms with Gasteiger partial charge in [-0.15, -0.1) is 0 Å². The molecule has 2 heteroatoms. The molecule has 48 heavy (non-hydrogen) atoms. The fraction of sp³-hybridized carbons (Fsp3) is 0.261. The van der Waals surface area contributed by atoms with Crippen LogP contribution in [0.25, 0.3) is 76.4 Å². The first-order chi connectivity index (χ1) is 23.8. The quantitative estimate of drug-likeness (QED) is 0.183. The third-order valence-electron chi connectivity index (χ3n) is 11.7. The van der Waals surface area contributed by atoms with Gasteiger partial charge in [-0.1, -0.05) is 130 Å². The Hall–Kier alpha value is -4.82. The van der Waals surface area contributed by atoms with E-state index in [-0.39, 0.29) is 0 Å². The molecule has 2 aliphatic rings. The Labute approximate surface area is 282 Å². The number of fused-ring (bicyclic) bond motifs is 3. The van der Waals surface area contributed by atoms with Gasteiger partial charge in [-0.2, -0.15) is 0 Å². The van der Waals surface area contributed by atoms with E-state index in [2.05, 4.69) is 109 Å². The zero-order valence-corrected chi connectivity index (χ0v) is 27.5. The van der Waals surface area contributed by atoms with Crippen LogP contribution < -0.4 is 0 Å². The Balaban J connectivity index is 1.17. The summed E-state index contributed by atoms with van der Waals surface area (Å²) in [6.07, 6.45) is 12.9. The lowest BCUT2D eigenvalue weighted by atomic mass is 9.84. The van der Waals surface area contributed by atoms with Crippen LogP contribution in [-0.2, 0) is 0 Å². The molecule has 0 radical (unpaired) electrons. The highest BCUT2D eigenvalue weighted by atomic mass is 14.8. The molecule has 8 aromatic rings. The molecule has 2 aromatic heterocycles. The molecule has 2 aliphatic carbocycles. The van der Waals surface area contributed by atoms with Crippen LogP contribution in [0, 0.1) is 0 Å². The van der Waals surface area contributed by atoms with Gasteiger partial charge in [0.15, 0.2) is 0 Å². The van der Waals surface area contributed by atoms with E-state index >= 15 is 0 Å². The maximum atomic E-state index is 5.51. The average Bonchev–Trinajstić information content (AvgIpc) is 3.17. The van der Waals surface area contributed by atoms with Crippen molar-refractivity contribution < 1.29 is 0 Å². The van der Waals surface area contributed by atoms with E-state index in [9.17, 15) is 0 Å². The second kappa shape index (κ2) is 11.4. The Kier molecular flexibility index (Phi) is 6.71. The highest BCUT2D eigenvalue weighted by Gasteiger charge is 2.22. The van der Waals surface area contributed by atoms with E-state index < -0.39 is 0 Å². The highest BCUT2D eigenvalue weighted by Crippen LogP contribution is 2.42. The molecule has 0 amide bonds. The van der Waals surface area contributed by atoms with Crippen molar-refractivity contribution in [1.82, 2.24) is 9.97 Å². The number of nitrogens with zero attached hydrogens (tertiary/aromatic N) is 2. The van der Waals surface area contributed by atoms with Crippen LogP contribution in [0.15, 0.2) is 109 Å². The van der Waals surface area contributed by atoms with Crippen molar-refractivity contribution in [3.8, 4) is 22.3 Å². The first kappa shape index (κ1) is 28.2. The minimum Gasteiger partial charge on any atom is -0.250 e. The molecule has 6 aromatic carbocycles. The number of pyridine rings is 2. The Morgan fingerprint density at radius 2 is 0.958 bits per heavy atom. The molecule has 10 rings (SSSR count). The number of hydrogen-bond acceptors (Lipinski definition) is 2. The monoisotopic (exact) mass is 620 g/mol. The fourth-order valence-electron chi connectivity index (χ4n) is 9.22. The molecule has 0 unspecified atom stereocenters. The summed E-state index contributed by atoms with van der Waals surface area (Å²) < 4.78 is 0. The van der Waals surface area contributed by atoms with Crippen LogP contribution in [0.1, 0.15) is 87.4 Å². The summed E-state index contributed by atoms with van der Waals surface area (Å²) in [7, 11) is 0. The molecule has 0 spiro atoms. The van der Waals surface area contributed by atoms with Crippen LogP contribution >= 0.6 is 0 Å². The maximum Gasteiger partial charge on any atom is 0.0974 e. The van der Waals surface area contributed by atoms with Crippen molar-refractivity contribution >= 4 is 54.1 Å². The van der Waals surface area contributed by atoms with Crippen molar-refractivity contribution in [2.75, 3.05) is 0 Å². The first-order valence-electron chi connectivity index (χ1n) is 18.3. The van der Waals surface area contributed by atoms with E-state index in [4.69, 9.17) is 9.97 Å². The topological polar surface area (TPSA) is 25.8 Å². The van der Waals surface area contributed by atoms with E-state index in [0.717, 1.165) is 11.0 Å². The number of rotatable bonds is 4. The highest BCUT2D eigenvalue weighted by molar-refractivity contribution is 6.25. The summed E-state index contributed by atoms with van der Waals surface area (Å²) in [6, 6.07) is 41.3. The molecule has 2 saturated carbocycles. The molecule has 0 bridgehead atoms. The van der Waals surface area contributed by atoms with E-state index in [1.165, 1.54) is 141 Å². The van der Waals surface area contributed by atoms with Gasteiger partial charge in [0.25, 0.3) is 0 Å². The smallest absolute Gasteiger partial charge is 0.0974 e. The summed E-state index contributed by atoms with van der Waals surface area (Å²) in [6.45, 7) is 0. The molecular weight excluding hydrogens is 581 g/mol. The predicted octanol–water partition coefficient (Wildman–Crippen LogP) is 13.1. The minimum absolute atomic E-state index is 0.513. The van der Waals surface area contributed by atoms with Crippen LogP contribution in [0.4, 0.5) is 0 Å². The van der Waals surface area contributed by atoms with Gasteiger partial charge >= 0.3 is 0 Å². The first-order valence-corrected chi connectivity index (χ1v) is 18.3. The predicted molar refractivity (Wildman–Crippen MR) is 203 cm³/mol. The Bertz CT molecular complexity index is 2460. The fourth-order valence-corrected chi connectivity index (χ4v) is 9.22. The van der Waals surface area contributed by atoms with E-state index in [1.807, 2.05) is 0 Å². The van der Waals surface area contributed by atoms with Crippen LogP contribution in [0.5, 0.6) is 0 Å². The van der Waals surface area contributed by atoms with Gasteiger partial charge in [0.1, 0.15) is 0 Å². The largest absolute Gasteiger partial charge is 0.250 e. The lowest BCUT2D eigenvalue weighted by Gasteiger charge is -2.23. The summed E-state index contributed by atoms with van der Waals surface area (Å²) in [4.78, 5) is 10.9. The van der Waals surface area contributed by atoms with Gasteiger partial charge in [-0.3, -0.25) is 9.97 Å². The molecule has 234 valence electrons.